The van der Waals surface area contributed by atoms with Crippen LogP contribution in [-0.2, 0) is 23.9 Å². The molecule has 2 amide bonds. The van der Waals surface area contributed by atoms with Crippen LogP contribution in [0.5, 0.6) is 0 Å². The molecule has 0 bridgehead atoms. The third kappa shape index (κ3) is 5.40. The molecule has 0 aromatic heterocycles. The van der Waals surface area contributed by atoms with Gasteiger partial charge in [-0.2, -0.15) is 0 Å². The first-order chi connectivity index (χ1) is 9.54. The van der Waals surface area contributed by atoms with Crippen molar-refractivity contribution in [1.82, 2.24) is 5.32 Å². The molecule has 7 nitrogen and oxygen atoms in total. The standard InChI is InChI=1S/C13H20N2O5/c1-2-20-11(16)5-3-4-10(12(14)17)15-13(18)9-6-7-19-8-9/h3,5,9-10H,2,4,6-8H2,1H3,(H2,14,17)(H,15,18)/b5-3+/t9-,10-/m1/s1. The Kier molecular flexibility index (Phi) is 6.72. The lowest BCUT2D eigenvalue weighted by atomic mass is 10.1. The summed E-state index contributed by atoms with van der Waals surface area (Å²) in [7, 11) is 0. The van der Waals surface area contributed by atoms with E-state index in [4.69, 9.17) is 15.2 Å². The van der Waals surface area contributed by atoms with Crippen LogP contribution in [-0.4, -0.2) is 43.6 Å². The van der Waals surface area contributed by atoms with Crippen LogP contribution in [0.3, 0.4) is 0 Å². The Morgan fingerprint density at radius 2 is 2.25 bits per heavy atom. The van der Waals surface area contributed by atoms with Gasteiger partial charge in [0, 0.05) is 12.7 Å². The molecule has 7 heteroatoms. The number of nitrogens with one attached hydrogen (secondary N) is 1. The van der Waals surface area contributed by atoms with Crippen molar-refractivity contribution in [3.8, 4) is 0 Å². The highest BCUT2D eigenvalue weighted by atomic mass is 16.5. The summed E-state index contributed by atoms with van der Waals surface area (Å²) in [5.41, 5.74) is 5.22. The molecule has 0 unspecified atom stereocenters. The Morgan fingerprint density at radius 3 is 2.80 bits per heavy atom. The van der Waals surface area contributed by atoms with Gasteiger partial charge in [-0.3, -0.25) is 9.59 Å². The van der Waals surface area contributed by atoms with E-state index in [2.05, 4.69) is 5.32 Å². The number of primary amides is 1. The molecule has 1 aliphatic heterocycles. The summed E-state index contributed by atoms with van der Waals surface area (Å²) in [6.45, 7) is 2.88. The third-order valence-electron chi connectivity index (χ3n) is 2.87. The maximum atomic E-state index is 11.8. The van der Waals surface area contributed by atoms with Crippen molar-refractivity contribution in [3.63, 3.8) is 0 Å². The van der Waals surface area contributed by atoms with Crippen LogP contribution in [0.1, 0.15) is 19.8 Å². The second-order valence-corrected chi connectivity index (χ2v) is 4.41. The van der Waals surface area contributed by atoms with Gasteiger partial charge in [-0.05, 0) is 19.8 Å². The number of nitrogens with two attached hydrogens (primary N) is 1. The minimum absolute atomic E-state index is 0.146. The lowest BCUT2D eigenvalue weighted by Gasteiger charge is -2.16. The van der Waals surface area contributed by atoms with Gasteiger partial charge < -0.3 is 20.5 Å². The number of rotatable bonds is 7. The van der Waals surface area contributed by atoms with Crippen LogP contribution < -0.4 is 11.1 Å². The SMILES string of the molecule is CCOC(=O)/C=C/C[C@@H](NC(=O)[C@@H]1CCOC1)C(N)=O. The van der Waals surface area contributed by atoms with Gasteiger partial charge in [-0.25, -0.2) is 4.79 Å². The molecule has 0 aromatic rings. The third-order valence-corrected chi connectivity index (χ3v) is 2.87. The summed E-state index contributed by atoms with van der Waals surface area (Å²) in [4.78, 5) is 34.2. The summed E-state index contributed by atoms with van der Waals surface area (Å²) in [6, 6.07) is -0.839. The molecule has 20 heavy (non-hydrogen) atoms. The Morgan fingerprint density at radius 1 is 1.50 bits per heavy atom. The van der Waals surface area contributed by atoms with Crippen LogP contribution in [0, 0.1) is 5.92 Å². The van der Waals surface area contributed by atoms with E-state index < -0.39 is 17.9 Å². The van der Waals surface area contributed by atoms with E-state index in [9.17, 15) is 14.4 Å². The predicted molar refractivity (Wildman–Crippen MR) is 70.4 cm³/mol. The second kappa shape index (κ2) is 8.31. The minimum Gasteiger partial charge on any atom is -0.463 e. The number of hydrogen-bond acceptors (Lipinski definition) is 5. The predicted octanol–water partition coefficient (Wildman–Crippen LogP) is -0.498. The first kappa shape index (κ1) is 16.2. The van der Waals surface area contributed by atoms with Crippen molar-refractivity contribution < 1.29 is 23.9 Å². The van der Waals surface area contributed by atoms with Crippen molar-refractivity contribution in [2.45, 2.75) is 25.8 Å². The summed E-state index contributed by atoms with van der Waals surface area (Å²) >= 11 is 0. The molecule has 3 N–H and O–H groups in total. The molecule has 0 aliphatic carbocycles. The van der Waals surface area contributed by atoms with Crippen molar-refractivity contribution in [2.24, 2.45) is 11.7 Å². The molecule has 1 aliphatic rings. The monoisotopic (exact) mass is 284 g/mol. The van der Waals surface area contributed by atoms with Gasteiger partial charge in [0.15, 0.2) is 0 Å². The normalized spacial score (nSPS) is 19.8. The van der Waals surface area contributed by atoms with Gasteiger partial charge in [0.2, 0.25) is 11.8 Å². The molecular weight excluding hydrogens is 264 g/mol. The smallest absolute Gasteiger partial charge is 0.330 e. The summed E-state index contributed by atoms with van der Waals surface area (Å²) in [6.07, 6.45) is 3.45. The van der Waals surface area contributed by atoms with Gasteiger partial charge in [0.05, 0.1) is 19.1 Å². The van der Waals surface area contributed by atoms with Crippen molar-refractivity contribution in [3.05, 3.63) is 12.2 Å². The average Bonchev–Trinajstić information content (AvgIpc) is 2.91. The van der Waals surface area contributed by atoms with Gasteiger partial charge in [-0.15, -0.1) is 0 Å². The maximum absolute atomic E-state index is 11.8. The largest absolute Gasteiger partial charge is 0.463 e. The van der Waals surface area contributed by atoms with Gasteiger partial charge in [-0.1, -0.05) is 6.08 Å². The molecule has 1 fully saturated rings. The van der Waals surface area contributed by atoms with Gasteiger partial charge >= 0.3 is 5.97 Å². The molecule has 0 spiro atoms. The van der Waals surface area contributed by atoms with Crippen LogP contribution in [0.25, 0.3) is 0 Å². The first-order valence-corrected chi connectivity index (χ1v) is 6.55. The summed E-state index contributed by atoms with van der Waals surface area (Å²) in [5.74, 6) is -1.64. The van der Waals surface area contributed by atoms with Crippen LogP contribution >= 0.6 is 0 Å². The van der Waals surface area contributed by atoms with Crippen molar-refractivity contribution in [2.75, 3.05) is 19.8 Å². The second-order valence-electron chi connectivity index (χ2n) is 4.41. The van der Waals surface area contributed by atoms with E-state index in [1.54, 1.807) is 6.92 Å². The molecule has 0 radical (unpaired) electrons. The number of amides is 2. The summed E-state index contributed by atoms with van der Waals surface area (Å²) < 4.78 is 9.81. The molecular formula is C13H20N2O5. The number of hydrogen-bond donors (Lipinski definition) is 2. The average molecular weight is 284 g/mol. The fourth-order valence-corrected chi connectivity index (χ4v) is 1.77. The zero-order valence-electron chi connectivity index (χ0n) is 11.5. The van der Waals surface area contributed by atoms with E-state index in [-0.39, 0.29) is 24.9 Å². The number of carbonyl (C=O) groups is 3. The highest BCUT2D eigenvalue weighted by molar-refractivity contribution is 5.88. The maximum Gasteiger partial charge on any atom is 0.330 e. The molecule has 112 valence electrons. The van der Waals surface area contributed by atoms with E-state index in [0.29, 0.717) is 19.6 Å². The molecule has 1 heterocycles. The van der Waals surface area contributed by atoms with Crippen LogP contribution in [0.4, 0.5) is 0 Å². The molecule has 0 saturated carbocycles. The zero-order valence-corrected chi connectivity index (χ0v) is 11.5. The van der Waals surface area contributed by atoms with E-state index in [1.807, 2.05) is 0 Å². The van der Waals surface area contributed by atoms with Crippen LogP contribution in [0.2, 0.25) is 0 Å². The number of ether oxygens (including phenoxy) is 2. The zero-order chi connectivity index (χ0) is 15.0. The lowest BCUT2D eigenvalue weighted by molar-refractivity contribution is -0.137. The highest BCUT2D eigenvalue weighted by Gasteiger charge is 2.26. The van der Waals surface area contributed by atoms with Crippen molar-refractivity contribution >= 4 is 17.8 Å². The molecule has 2 atom stereocenters. The summed E-state index contributed by atoms with van der Waals surface area (Å²) in [5, 5.41) is 2.57. The quantitative estimate of drug-likeness (QED) is 0.484. The number of carbonyl (C=O) groups excluding carboxylic acids is 3. The first-order valence-electron chi connectivity index (χ1n) is 6.55. The Hall–Kier alpha value is -1.89. The van der Waals surface area contributed by atoms with Gasteiger partial charge in [0.25, 0.3) is 0 Å². The fourth-order valence-electron chi connectivity index (χ4n) is 1.77. The van der Waals surface area contributed by atoms with E-state index in [0.717, 1.165) is 0 Å². The Labute approximate surface area is 117 Å². The van der Waals surface area contributed by atoms with E-state index in [1.165, 1.54) is 12.2 Å². The fraction of sp³-hybridized carbons (Fsp3) is 0.615. The molecule has 1 saturated heterocycles. The van der Waals surface area contributed by atoms with E-state index >= 15 is 0 Å². The number of esters is 1. The topological polar surface area (TPSA) is 108 Å². The van der Waals surface area contributed by atoms with Crippen LogP contribution in [0.15, 0.2) is 12.2 Å². The molecule has 1 rings (SSSR count). The highest BCUT2D eigenvalue weighted by Crippen LogP contribution is 2.12. The van der Waals surface area contributed by atoms with Crippen molar-refractivity contribution in [1.29, 1.82) is 0 Å². The Bertz CT molecular complexity index is 388. The lowest BCUT2D eigenvalue weighted by Crippen LogP contribution is -2.46. The Balaban J connectivity index is 2.45. The molecule has 0 aromatic carbocycles. The van der Waals surface area contributed by atoms with Gasteiger partial charge in [0.1, 0.15) is 6.04 Å². The minimum atomic E-state index is -0.839.